The molecule has 0 amide bonds. The Morgan fingerprint density at radius 3 is 2.70 bits per heavy atom. The molecule has 0 nitrogen and oxygen atoms in total. The lowest BCUT2D eigenvalue weighted by Crippen LogP contribution is -1.69. The average Bonchev–Trinajstić information content (AvgIpc) is 2.01. The monoisotopic (exact) mass is 133 g/mol. The Morgan fingerprint density at radius 2 is 1.70 bits per heavy atom. The van der Waals surface area contributed by atoms with Crippen molar-refractivity contribution in [3.8, 4) is 0 Å². The van der Waals surface area contributed by atoms with E-state index < -0.39 is 0 Å². The zero-order chi connectivity index (χ0) is 7.07. The van der Waals surface area contributed by atoms with Gasteiger partial charge in [-0.15, -0.1) is 0 Å². The average molecular weight is 133 g/mol. The highest BCUT2D eigenvalue weighted by Gasteiger charge is 1.79. The molecule has 0 aromatic rings. The fourth-order valence-electron chi connectivity index (χ4n) is 0.905. The SMILES string of the molecule is [C]1=C\C/C=C\C/C=C\CC/1. The van der Waals surface area contributed by atoms with Crippen LogP contribution in [0.4, 0.5) is 0 Å². The van der Waals surface area contributed by atoms with E-state index in [4.69, 9.17) is 0 Å². The minimum Gasteiger partial charge on any atom is -0.0879 e. The summed E-state index contributed by atoms with van der Waals surface area (Å²) in [5.41, 5.74) is 0. The van der Waals surface area contributed by atoms with Crippen LogP contribution in [0.2, 0.25) is 0 Å². The van der Waals surface area contributed by atoms with Gasteiger partial charge in [-0.2, -0.15) is 0 Å². The molecule has 0 spiro atoms. The van der Waals surface area contributed by atoms with Crippen molar-refractivity contribution in [2.24, 2.45) is 0 Å². The lowest BCUT2D eigenvalue weighted by atomic mass is 10.2. The lowest BCUT2D eigenvalue weighted by molar-refractivity contribution is 1.01. The van der Waals surface area contributed by atoms with Crippen LogP contribution in [0.25, 0.3) is 0 Å². The van der Waals surface area contributed by atoms with Gasteiger partial charge in [-0.3, -0.25) is 0 Å². The van der Waals surface area contributed by atoms with Gasteiger partial charge < -0.3 is 0 Å². The summed E-state index contributed by atoms with van der Waals surface area (Å²) in [6.07, 6.45) is 18.5. The first kappa shape index (κ1) is 7.33. The number of allylic oxidation sites excluding steroid dienone is 6. The molecule has 0 aromatic heterocycles. The molecule has 1 aliphatic rings. The molecule has 0 unspecified atom stereocenters. The van der Waals surface area contributed by atoms with Crippen molar-refractivity contribution in [3.05, 3.63) is 36.5 Å². The van der Waals surface area contributed by atoms with E-state index in [-0.39, 0.29) is 0 Å². The normalized spacial score (nSPS) is 28.8. The van der Waals surface area contributed by atoms with Gasteiger partial charge in [0.15, 0.2) is 0 Å². The van der Waals surface area contributed by atoms with E-state index in [1.807, 2.05) is 0 Å². The zero-order valence-electron chi connectivity index (χ0n) is 6.22. The first-order valence-electron chi connectivity index (χ1n) is 3.85. The maximum atomic E-state index is 3.23. The number of hydrogen-bond donors (Lipinski definition) is 0. The van der Waals surface area contributed by atoms with Crippen molar-refractivity contribution < 1.29 is 0 Å². The largest absolute Gasteiger partial charge is 0.0879 e. The van der Waals surface area contributed by atoms with Crippen LogP contribution in [0.1, 0.15) is 25.7 Å². The molecule has 1 rings (SSSR count). The van der Waals surface area contributed by atoms with Gasteiger partial charge >= 0.3 is 0 Å². The summed E-state index contributed by atoms with van der Waals surface area (Å²) < 4.78 is 0. The molecule has 0 saturated carbocycles. The Labute approximate surface area is 62.9 Å². The van der Waals surface area contributed by atoms with E-state index in [2.05, 4.69) is 36.5 Å². The Morgan fingerprint density at radius 1 is 0.900 bits per heavy atom. The van der Waals surface area contributed by atoms with Crippen molar-refractivity contribution in [1.29, 1.82) is 0 Å². The molecule has 1 aliphatic carbocycles. The fourth-order valence-corrected chi connectivity index (χ4v) is 0.905. The molecule has 0 bridgehead atoms. The van der Waals surface area contributed by atoms with Gasteiger partial charge in [-0.25, -0.2) is 0 Å². The molecular weight excluding hydrogens is 120 g/mol. The molecule has 1 radical (unpaired) electrons. The smallest absolute Gasteiger partial charge is 0.0163 e. The van der Waals surface area contributed by atoms with E-state index in [1.165, 1.54) is 0 Å². The van der Waals surface area contributed by atoms with Gasteiger partial charge in [-0.05, 0) is 31.8 Å². The van der Waals surface area contributed by atoms with Crippen LogP contribution in [0.5, 0.6) is 0 Å². The molecule has 0 N–H and O–H groups in total. The van der Waals surface area contributed by atoms with E-state index in [0.29, 0.717) is 0 Å². The molecule has 0 aliphatic heterocycles. The summed E-state index contributed by atoms with van der Waals surface area (Å²) in [5, 5.41) is 0. The number of rotatable bonds is 0. The quantitative estimate of drug-likeness (QED) is 0.445. The van der Waals surface area contributed by atoms with Crippen molar-refractivity contribution in [2.45, 2.75) is 25.7 Å². The third-order valence-electron chi connectivity index (χ3n) is 1.46. The Bertz CT molecular complexity index is 131. The predicted molar refractivity (Wildman–Crippen MR) is 44.6 cm³/mol. The van der Waals surface area contributed by atoms with Gasteiger partial charge in [0.1, 0.15) is 0 Å². The topological polar surface area (TPSA) is 0 Å². The molecule has 0 aromatic carbocycles. The van der Waals surface area contributed by atoms with Crippen LogP contribution in [-0.4, -0.2) is 0 Å². The molecule has 0 saturated heterocycles. The summed E-state index contributed by atoms with van der Waals surface area (Å²) in [7, 11) is 0. The second-order valence-electron chi connectivity index (χ2n) is 2.36. The minimum absolute atomic E-state index is 1.05. The van der Waals surface area contributed by atoms with Gasteiger partial charge in [0.2, 0.25) is 0 Å². The summed E-state index contributed by atoms with van der Waals surface area (Å²) in [4.78, 5) is 0. The molecule has 0 fully saturated rings. The van der Waals surface area contributed by atoms with Crippen LogP contribution >= 0.6 is 0 Å². The highest BCUT2D eigenvalue weighted by molar-refractivity contribution is 4.97. The van der Waals surface area contributed by atoms with Crippen LogP contribution < -0.4 is 0 Å². The van der Waals surface area contributed by atoms with Crippen molar-refractivity contribution in [3.63, 3.8) is 0 Å². The van der Waals surface area contributed by atoms with E-state index >= 15 is 0 Å². The van der Waals surface area contributed by atoms with Crippen molar-refractivity contribution in [2.75, 3.05) is 0 Å². The van der Waals surface area contributed by atoms with E-state index in [9.17, 15) is 0 Å². The third kappa shape index (κ3) is 3.29. The Balaban J connectivity index is 2.38. The Hall–Kier alpha value is -0.780. The van der Waals surface area contributed by atoms with E-state index in [1.54, 1.807) is 0 Å². The zero-order valence-corrected chi connectivity index (χ0v) is 6.22. The second-order valence-corrected chi connectivity index (χ2v) is 2.36. The van der Waals surface area contributed by atoms with Gasteiger partial charge in [0.25, 0.3) is 0 Å². The molecule has 53 valence electrons. The number of hydrogen-bond acceptors (Lipinski definition) is 0. The predicted octanol–water partition coefficient (Wildman–Crippen LogP) is 3.03. The summed E-state index contributed by atoms with van der Waals surface area (Å²) in [6, 6.07) is 0. The molecule has 0 heteroatoms. The minimum atomic E-state index is 1.05. The van der Waals surface area contributed by atoms with Gasteiger partial charge in [0, 0.05) is 0 Å². The standard InChI is InChI=1S/C10H13/c1-2-4-6-8-10-9-7-5-3-1/h1-2,5-7H,3-4,9-10H2/b2-1-,7-5-,8-6?. The molecule has 0 heterocycles. The third-order valence-corrected chi connectivity index (χ3v) is 1.46. The maximum Gasteiger partial charge on any atom is -0.0163 e. The first-order valence-corrected chi connectivity index (χ1v) is 3.85. The maximum absolute atomic E-state index is 3.23. The molecule has 0 atom stereocenters. The molecule has 10 heavy (non-hydrogen) atoms. The van der Waals surface area contributed by atoms with Crippen LogP contribution in [0, 0.1) is 6.08 Å². The second kappa shape index (κ2) is 5.04. The van der Waals surface area contributed by atoms with Crippen molar-refractivity contribution >= 4 is 0 Å². The fraction of sp³-hybridized carbons (Fsp3) is 0.400. The highest BCUT2D eigenvalue weighted by atomic mass is 13.9. The lowest BCUT2D eigenvalue weighted by Gasteiger charge is -1.89. The Kier molecular flexibility index (Phi) is 3.69. The summed E-state index contributed by atoms with van der Waals surface area (Å²) in [5.74, 6) is 0. The first-order chi connectivity index (χ1) is 5.00. The summed E-state index contributed by atoms with van der Waals surface area (Å²) >= 11 is 0. The van der Waals surface area contributed by atoms with Crippen LogP contribution in [-0.2, 0) is 0 Å². The van der Waals surface area contributed by atoms with Crippen molar-refractivity contribution in [1.82, 2.24) is 0 Å². The van der Waals surface area contributed by atoms with Crippen LogP contribution in [0.15, 0.2) is 30.4 Å². The van der Waals surface area contributed by atoms with Gasteiger partial charge in [0.05, 0.1) is 0 Å². The summed E-state index contributed by atoms with van der Waals surface area (Å²) in [6.45, 7) is 0. The van der Waals surface area contributed by atoms with Gasteiger partial charge in [-0.1, -0.05) is 30.4 Å². The van der Waals surface area contributed by atoms with Crippen LogP contribution in [0.3, 0.4) is 0 Å². The van der Waals surface area contributed by atoms with E-state index in [0.717, 1.165) is 25.7 Å². The highest BCUT2D eigenvalue weighted by Crippen LogP contribution is 1.99. The molecular formula is C10H13.